The van der Waals surface area contributed by atoms with Gasteiger partial charge in [0.2, 0.25) is 10.0 Å². The number of carbonyl (C=O) groups is 1. The SMILES string of the molecule is C[C@H]1CCCN(CCCNC(=O)c2cc(S(=O)(=O)N3CCCCCC3)ccc2Cl)C1. The lowest BCUT2D eigenvalue weighted by Crippen LogP contribution is -2.36. The quantitative estimate of drug-likeness (QED) is 0.635. The third-order valence-electron chi connectivity index (χ3n) is 6.06. The van der Waals surface area contributed by atoms with Crippen molar-refractivity contribution in [1.82, 2.24) is 14.5 Å². The number of rotatable bonds is 7. The molecular weight excluding hydrogens is 422 g/mol. The fourth-order valence-corrected chi connectivity index (χ4v) is 6.11. The normalized spacial score (nSPS) is 21.9. The van der Waals surface area contributed by atoms with Gasteiger partial charge in [0.25, 0.3) is 5.91 Å². The van der Waals surface area contributed by atoms with Gasteiger partial charge in [0.15, 0.2) is 0 Å². The van der Waals surface area contributed by atoms with Gasteiger partial charge in [0, 0.05) is 26.2 Å². The van der Waals surface area contributed by atoms with Gasteiger partial charge < -0.3 is 10.2 Å². The Balaban J connectivity index is 1.59. The minimum absolute atomic E-state index is 0.140. The topological polar surface area (TPSA) is 69.7 Å². The molecule has 2 fully saturated rings. The van der Waals surface area contributed by atoms with E-state index in [1.165, 1.54) is 35.3 Å². The van der Waals surface area contributed by atoms with E-state index < -0.39 is 10.0 Å². The molecule has 2 saturated heterocycles. The summed E-state index contributed by atoms with van der Waals surface area (Å²) in [4.78, 5) is 15.2. The molecule has 1 N–H and O–H groups in total. The lowest BCUT2D eigenvalue weighted by atomic mass is 10.0. The van der Waals surface area contributed by atoms with Crippen LogP contribution in [-0.2, 0) is 10.0 Å². The number of hydrogen-bond donors (Lipinski definition) is 1. The molecule has 1 aromatic carbocycles. The first kappa shape index (κ1) is 23.5. The lowest BCUT2D eigenvalue weighted by molar-refractivity contribution is 0.0950. The van der Waals surface area contributed by atoms with Crippen molar-refractivity contribution in [2.24, 2.45) is 5.92 Å². The highest BCUT2D eigenvalue weighted by Crippen LogP contribution is 2.25. The Labute approximate surface area is 186 Å². The van der Waals surface area contributed by atoms with E-state index in [0.29, 0.717) is 19.6 Å². The van der Waals surface area contributed by atoms with Crippen molar-refractivity contribution in [2.45, 2.75) is 56.8 Å². The summed E-state index contributed by atoms with van der Waals surface area (Å²) in [5.74, 6) is 0.418. The number of benzene rings is 1. The molecule has 2 aliphatic rings. The molecule has 0 spiro atoms. The van der Waals surface area contributed by atoms with Crippen LogP contribution in [0.2, 0.25) is 5.02 Å². The number of piperidine rings is 1. The van der Waals surface area contributed by atoms with Gasteiger partial charge in [0.1, 0.15) is 0 Å². The Morgan fingerprint density at radius 1 is 1.13 bits per heavy atom. The van der Waals surface area contributed by atoms with Gasteiger partial charge in [-0.05, 0) is 69.3 Å². The van der Waals surface area contributed by atoms with E-state index in [2.05, 4.69) is 17.1 Å². The molecule has 8 heteroatoms. The smallest absolute Gasteiger partial charge is 0.252 e. The minimum Gasteiger partial charge on any atom is -0.352 e. The zero-order valence-corrected chi connectivity index (χ0v) is 19.5. The predicted molar refractivity (Wildman–Crippen MR) is 120 cm³/mol. The van der Waals surface area contributed by atoms with Crippen LogP contribution in [0.15, 0.2) is 23.1 Å². The molecule has 168 valence electrons. The van der Waals surface area contributed by atoms with Crippen LogP contribution in [0, 0.1) is 5.92 Å². The van der Waals surface area contributed by atoms with E-state index in [-0.39, 0.29) is 21.4 Å². The van der Waals surface area contributed by atoms with Crippen LogP contribution in [0.3, 0.4) is 0 Å². The Hall–Kier alpha value is -1.15. The van der Waals surface area contributed by atoms with Crippen molar-refractivity contribution in [3.8, 4) is 0 Å². The number of amides is 1. The van der Waals surface area contributed by atoms with Gasteiger partial charge in [-0.25, -0.2) is 8.42 Å². The maximum atomic E-state index is 13.0. The van der Waals surface area contributed by atoms with Crippen molar-refractivity contribution >= 4 is 27.5 Å². The van der Waals surface area contributed by atoms with Crippen LogP contribution in [0.4, 0.5) is 0 Å². The molecule has 1 aromatic rings. The van der Waals surface area contributed by atoms with Gasteiger partial charge in [0.05, 0.1) is 15.5 Å². The largest absolute Gasteiger partial charge is 0.352 e. The second-order valence-electron chi connectivity index (χ2n) is 8.62. The summed E-state index contributed by atoms with van der Waals surface area (Å²) >= 11 is 6.23. The van der Waals surface area contributed by atoms with Gasteiger partial charge >= 0.3 is 0 Å². The summed E-state index contributed by atoms with van der Waals surface area (Å²) in [6.45, 7) is 7.09. The minimum atomic E-state index is -3.62. The summed E-state index contributed by atoms with van der Waals surface area (Å²) in [7, 11) is -3.62. The maximum Gasteiger partial charge on any atom is 0.252 e. The molecule has 0 bridgehead atoms. The van der Waals surface area contributed by atoms with Crippen molar-refractivity contribution in [3.63, 3.8) is 0 Å². The third kappa shape index (κ3) is 6.19. The summed E-state index contributed by atoms with van der Waals surface area (Å²) < 4.78 is 27.6. The number of hydrogen-bond acceptors (Lipinski definition) is 4. The first-order chi connectivity index (χ1) is 14.4. The van der Waals surface area contributed by atoms with E-state index in [4.69, 9.17) is 11.6 Å². The molecule has 6 nitrogen and oxygen atoms in total. The first-order valence-electron chi connectivity index (χ1n) is 11.2. The number of nitrogens with one attached hydrogen (secondary N) is 1. The molecule has 1 amide bonds. The van der Waals surface area contributed by atoms with Crippen LogP contribution in [0.1, 0.15) is 62.2 Å². The maximum absolute atomic E-state index is 13.0. The summed E-state index contributed by atoms with van der Waals surface area (Å²) in [6.07, 6.45) is 7.24. The molecule has 3 rings (SSSR count). The van der Waals surface area contributed by atoms with E-state index >= 15 is 0 Å². The molecule has 2 aliphatic heterocycles. The van der Waals surface area contributed by atoms with Gasteiger partial charge in [-0.15, -0.1) is 0 Å². The Kier molecular flexibility index (Phi) is 8.57. The van der Waals surface area contributed by atoms with Crippen LogP contribution in [0.25, 0.3) is 0 Å². The Morgan fingerprint density at radius 2 is 1.87 bits per heavy atom. The van der Waals surface area contributed by atoms with Gasteiger partial charge in [-0.3, -0.25) is 4.79 Å². The average Bonchev–Trinajstić information content (AvgIpc) is 3.01. The highest BCUT2D eigenvalue weighted by molar-refractivity contribution is 7.89. The molecule has 0 saturated carbocycles. The number of nitrogens with zero attached hydrogens (tertiary/aromatic N) is 2. The van der Waals surface area contributed by atoms with Crippen molar-refractivity contribution in [2.75, 3.05) is 39.3 Å². The first-order valence-corrected chi connectivity index (χ1v) is 13.0. The Bertz CT molecular complexity index is 823. The molecule has 0 aliphatic carbocycles. The number of carbonyl (C=O) groups excluding carboxylic acids is 1. The third-order valence-corrected chi connectivity index (χ3v) is 8.29. The standard InChI is InChI=1S/C22H34ClN3O3S/c1-18-8-6-12-25(17-18)13-7-11-24-22(27)20-16-19(9-10-21(20)23)30(28,29)26-14-4-2-3-5-15-26/h9-10,16,18H,2-8,11-15,17H2,1H3,(H,24,27)/t18-/m0/s1. The van der Waals surface area contributed by atoms with Gasteiger partial charge in [-0.1, -0.05) is 31.4 Å². The fraction of sp³-hybridized carbons (Fsp3) is 0.682. The summed E-state index contributed by atoms with van der Waals surface area (Å²) in [5, 5.41) is 3.17. The number of halogens is 1. The van der Waals surface area contributed by atoms with E-state index in [0.717, 1.165) is 57.7 Å². The summed E-state index contributed by atoms with van der Waals surface area (Å²) in [5.41, 5.74) is 0.221. The van der Waals surface area contributed by atoms with Crippen molar-refractivity contribution < 1.29 is 13.2 Å². The molecule has 1 atom stereocenters. The molecule has 0 radical (unpaired) electrons. The van der Waals surface area contributed by atoms with E-state index in [1.807, 2.05) is 0 Å². The second-order valence-corrected chi connectivity index (χ2v) is 11.0. The Morgan fingerprint density at radius 3 is 2.57 bits per heavy atom. The van der Waals surface area contributed by atoms with Crippen LogP contribution in [0.5, 0.6) is 0 Å². The molecular formula is C22H34ClN3O3S. The predicted octanol–water partition coefficient (Wildman–Crippen LogP) is 3.76. The molecule has 0 aromatic heterocycles. The van der Waals surface area contributed by atoms with Crippen LogP contribution < -0.4 is 5.32 Å². The van der Waals surface area contributed by atoms with Gasteiger partial charge in [-0.2, -0.15) is 4.31 Å². The average molecular weight is 456 g/mol. The molecule has 0 unspecified atom stereocenters. The highest BCUT2D eigenvalue weighted by Gasteiger charge is 2.26. The number of likely N-dealkylation sites (tertiary alicyclic amines) is 1. The van der Waals surface area contributed by atoms with Crippen molar-refractivity contribution in [3.05, 3.63) is 28.8 Å². The van der Waals surface area contributed by atoms with E-state index in [9.17, 15) is 13.2 Å². The molecule has 30 heavy (non-hydrogen) atoms. The number of sulfonamides is 1. The van der Waals surface area contributed by atoms with E-state index in [1.54, 1.807) is 0 Å². The molecule has 2 heterocycles. The highest BCUT2D eigenvalue weighted by atomic mass is 35.5. The second kappa shape index (κ2) is 10.9. The monoisotopic (exact) mass is 455 g/mol. The zero-order chi connectivity index (χ0) is 21.6. The fourth-order valence-electron chi connectivity index (χ4n) is 4.36. The summed E-state index contributed by atoms with van der Waals surface area (Å²) in [6, 6.07) is 4.43. The van der Waals surface area contributed by atoms with Crippen LogP contribution >= 0.6 is 11.6 Å². The lowest BCUT2D eigenvalue weighted by Gasteiger charge is -2.30. The van der Waals surface area contributed by atoms with Crippen LogP contribution in [-0.4, -0.2) is 62.8 Å². The zero-order valence-electron chi connectivity index (χ0n) is 17.9. The van der Waals surface area contributed by atoms with Crippen molar-refractivity contribution in [1.29, 1.82) is 0 Å².